The highest BCUT2D eigenvalue weighted by Crippen LogP contribution is 2.37. The fraction of sp³-hybridized carbons (Fsp3) is 0.600. The topological polar surface area (TPSA) is 0 Å². The standard InChI is InChI=1S/C15H21Br2F/c1-3-12(4-2)9-15(10-16,11-17)13-5-7-14(18)8-6-13/h5-8,12H,3-4,9-11H2,1-2H3. The Morgan fingerprint density at radius 1 is 1.06 bits per heavy atom. The molecule has 1 rings (SSSR count). The van der Waals surface area contributed by atoms with Crippen LogP contribution in [0.25, 0.3) is 0 Å². The molecule has 102 valence electrons. The Morgan fingerprint density at radius 2 is 1.56 bits per heavy atom. The van der Waals surface area contributed by atoms with Gasteiger partial charge in [0.2, 0.25) is 0 Å². The fourth-order valence-corrected chi connectivity index (χ4v) is 4.38. The van der Waals surface area contributed by atoms with E-state index in [9.17, 15) is 4.39 Å². The first-order valence-electron chi connectivity index (χ1n) is 6.49. The highest BCUT2D eigenvalue weighted by molar-refractivity contribution is 9.09. The SMILES string of the molecule is CCC(CC)CC(CBr)(CBr)c1ccc(F)cc1. The number of benzene rings is 1. The number of hydrogen-bond acceptors (Lipinski definition) is 0. The molecule has 18 heavy (non-hydrogen) atoms. The normalized spacial score (nSPS) is 12.1. The van der Waals surface area contributed by atoms with E-state index in [1.807, 2.05) is 12.1 Å². The van der Waals surface area contributed by atoms with Crippen LogP contribution in [-0.4, -0.2) is 10.7 Å². The van der Waals surface area contributed by atoms with Crippen LogP contribution in [-0.2, 0) is 5.41 Å². The molecule has 0 radical (unpaired) electrons. The lowest BCUT2D eigenvalue weighted by molar-refractivity contribution is 0.354. The first kappa shape index (κ1) is 16.2. The zero-order chi connectivity index (χ0) is 13.6. The number of hydrogen-bond donors (Lipinski definition) is 0. The van der Waals surface area contributed by atoms with E-state index in [1.165, 1.54) is 18.4 Å². The summed E-state index contributed by atoms with van der Waals surface area (Å²) in [6.07, 6.45) is 3.51. The summed E-state index contributed by atoms with van der Waals surface area (Å²) in [6.45, 7) is 4.48. The summed E-state index contributed by atoms with van der Waals surface area (Å²) in [5, 5.41) is 1.79. The van der Waals surface area contributed by atoms with Crippen molar-refractivity contribution in [1.29, 1.82) is 0 Å². The Balaban J connectivity index is 3.02. The third-order valence-electron chi connectivity index (χ3n) is 3.80. The van der Waals surface area contributed by atoms with Crippen LogP contribution < -0.4 is 0 Å². The van der Waals surface area contributed by atoms with Crippen molar-refractivity contribution >= 4 is 31.9 Å². The van der Waals surface area contributed by atoms with E-state index in [0.29, 0.717) is 5.92 Å². The van der Waals surface area contributed by atoms with Gasteiger partial charge in [0.05, 0.1) is 0 Å². The summed E-state index contributed by atoms with van der Waals surface area (Å²) in [4.78, 5) is 0. The molecule has 0 N–H and O–H groups in total. The Labute approximate surface area is 127 Å². The summed E-state index contributed by atoms with van der Waals surface area (Å²) in [5.74, 6) is 0.546. The number of halogens is 3. The molecular weight excluding hydrogens is 359 g/mol. The lowest BCUT2D eigenvalue weighted by Gasteiger charge is -2.34. The van der Waals surface area contributed by atoms with Crippen LogP contribution in [0, 0.1) is 11.7 Å². The van der Waals surface area contributed by atoms with Crippen LogP contribution in [0.3, 0.4) is 0 Å². The van der Waals surface area contributed by atoms with Crippen molar-refractivity contribution in [2.24, 2.45) is 5.92 Å². The van der Waals surface area contributed by atoms with E-state index in [2.05, 4.69) is 45.7 Å². The highest BCUT2D eigenvalue weighted by Gasteiger charge is 2.32. The van der Waals surface area contributed by atoms with Crippen molar-refractivity contribution in [2.45, 2.75) is 38.5 Å². The molecule has 3 heteroatoms. The molecule has 0 saturated carbocycles. The van der Waals surface area contributed by atoms with Gasteiger partial charge in [0, 0.05) is 16.1 Å². The maximum atomic E-state index is 13.1. The van der Waals surface area contributed by atoms with Crippen molar-refractivity contribution in [2.75, 3.05) is 10.7 Å². The van der Waals surface area contributed by atoms with E-state index in [4.69, 9.17) is 0 Å². The molecule has 0 nitrogen and oxygen atoms in total. The molecule has 0 spiro atoms. The van der Waals surface area contributed by atoms with Gasteiger partial charge in [-0.1, -0.05) is 70.7 Å². The molecule has 0 bridgehead atoms. The maximum absolute atomic E-state index is 13.1. The first-order valence-corrected chi connectivity index (χ1v) is 8.74. The summed E-state index contributed by atoms with van der Waals surface area (Å²) in [5.41, 5.74) is 1.27. The molecule has 1 aromatic rings. The minimum atomic E-state index is -0.167. The molecule has 0 aliphatic carbocycles. The van der Waals surface area contributed by atoms with Crippen LogP contribution >= 0.6 is 31.9 Å². The molecule has 0 aromatic heterocycles. The van der Waals surface area contributed by atoms with Crippen LogP contribution in [0.2, 0.25) is 0 Å². The minimum absolute atomic E-state index is 0.0599. The summed E-state index contributed by atoms with van der Waals surface area (Å²) < 4.78 is 13.1. The van der Waals surface area contributed by atoms with Crippen molar-refractivity contribution in [3.63, 3.8) is 0 Å². The second kappa shape index (κ2) is 7.64. The van der Waals surface area contributed by atoms with Crippen LogP contribution in [0.4, 0.5) is 4.39 Å². The van der Waals surface area contributed by atoms with Gasteiger partial charge in [-0.05, 0) is 30.0 Å². The average Bonchev–Trinajstić information content (AvgIpc) is 2.42. The molecule has 0 unspecified atom stereocenters. The van der Waals surface area contributed by atoms with Gasteiger partial charge in [-0.15, -0.1) is 0 Å². The van der Waals surface area contributed by atoms with E-state index in [1.54, 1.807) is 12.1 Å². The summed E-state index contributed by atoms with van der Waals surface area (Å²) in [6, 6.07) is 6.95. The largest absolute Gasteiger partial charge is 0.207 e. The van der Waals surface area contributed by atoms with Gasteiger partial charge in [0.15, 0.2) is 0 Å². The third-order valence-corrected chi connectivity index (χ3v) is 5.95. The van der Waals surface area contributed by atoms with E-state index in [0.717, 1.165) is 17.1 Å². The van der Waals surface area contributed by atoms with Gasteiger partial charge in [-0.25, -0.2) is 4.39 Å². The lowest BCUT2D eigenvalue weighted by Crippen LogP contribution is -2.32. The zero-order valence-corrected chi connectivity index (χ0v) is 14.2. The third kappa shape index (κ3) is 3.80. The maximum Gasteiger partial charge on any atom is 0.123 e. The Morgan fingerprint density at radius 3 is 1.94 bits per heavy atom. The van der Waals surface area contributed by atoms with Crippen molar-refractivity contribution in [3.8, 4) is 0 Å². The molecule has 0 saturated heterocycles. The molecule has 0 amide bonds. The van der Waals surface area contributed by atoms with Crippen molar-refractivity contribution < 1.29 is 4.39 Å². The summed E-state index contributed by atoms with van der Waals surface area (Å²) >= 11 is 7.30. The second-order valence-corrected chi connectivity index (χ2v) is 6.06. The molecule has 0 aliphatic rings. The molecule has 0 heterocycles. The average molecular weight is 380 g/mol. The predicted octanol–water partition coefficient (Wildman–Crippen LogP) is 5.68. The quantitative estimate of drug-likeness (QED) is 0.534. The predicted molar refractivity (Wildman–Crippen MR) is 84.4 cm³/mol. The smallest absolute Gasteiger partial charge is 0.123 e. The van der Waals surface area contributed by atoms with Gasteiger partial charge in [0.25, 0.3) is 0 Å². The van der Waals surface area contributed by atoms with E-state index < -0.39 is 0 Å². The molecule has 0 aliphatic heterocycles. The van der Waals surface area contributed by atoms with Crippen LogP contribution in [0.1, 0.15) is 38.7 Å². The van der Waals surface area contributed by atoms with Gasteiger partial charge in [0.1, 0.15) is 5.82 Å². The van der Waals surface area contributed by atoms with Crippen LogP contribution in [0.15, 0.2) is 24.3 Å². The molecule has 1 aromatic carbocycles. The first-order chi connectivity index (χ1) is 8.61. The summed E-state index contributed by atoms with van der Waals surface area (Å²) in [7, 11) is 0. The van der Waals surface area contributed by atoms with Crippen molar-refractivity contribution in [3.05, 3.63) is 35.6 Å². The van der Waals surface area contributed by atoms with Gasteiger partial charge < -0.3 is 0 Å². The van der Waals surface area contributed by atoms with Gasteiger partial charge in [-0.3, -0.25) is 0 Å². The number of rotatable bonds is 7. The van der Waals surface area contributed by atoms with Crippen LogP contribution in [0.5, 0.6) is 0 Å². The van der Waals surface area contributed by atoms with Crippen molar-refractivity contribution in [1.82, 2.24) is 0 Å². The molecular formula is C15H21Br2F. The van der Waals surface area contributed by atoms with Gasteiger partial charge >= 0.3 is 0 Å². The van der Waals surface area contributed by atoms with Gasteiger partial charge in [-0.2, -0.15) is 0 Å². The highest BCUT2D eigenvalue weighted by atomic mass is 79.9. The molecule has 0 atom stereocenters. The zero-order valence-electron chi connectivity index (χ0n) is 11.1. The minimum Gasteiger partial charge on any atom is -0.207 e. The van der Waals surface area contributed by atoms with E-state index >= 15 is 0 Å². The van der Waals surface area contributed by atoms with E-state index in [-0.39, 0.29) is 11.2 Å². The Bertz CT molecular complexity index is 340. The Hall–Kier alpha value is 0.110. The number of alkyl halides is 2. The molecule has 0 fully saturated rings. The fourth-order valence-electron chi connectivity index (χ4n) is 2.35. The lowest BCUT2D eigenvalue weighted by atomic mass is 9.75. The Kier molecular flexibility index (Phi) is 6.86. The second-order valence-electron chi connectivity index (χ2n) is 4.94. The monoisotopic (exact) mass is 378 g/mol.